The molecule has 6 heteroatoms. The van der Waals surface area contributed by atoms with Gasteiger partial charge in [0.2, 0.25) is 0 Å². The maximum absolute atomic E-state index is 6.66. The minimum atomic E-state index is -0.611. The van der Waals surface area contributed by atoms with Crippen LogP contribution in [-0.2, 0) is 11.2 Å². The minimum absolute atomic E-state index is 0.232. The topological polar surface area (TPSA) is 43.8 Å². The number of rotatable bonds is 6. The van der Waals surface area contributed by atoms with Crippen LogP contribution in [0.3, 0.4) is 0 Å². The molecule has 0 N–H and O–H groups in total. The summed E-state index contributed by atoms with van der Waals surface area (Å²) >= 11 is 5.39. The molecule has 1 aromatic heterocycles. The molecule has 2 aromatic rings. The summed E-state index contributed by atoms with van der Waals surface area (Å²) in [4.78, 5) is 6.68. The van der Waals surface area contributed by atoms with Crippen molar-refractivity contribution in [1.82, 2.24) is 4.98 Å². The molecule has 2 heterocycles. The SMILES string of the molecule is COCOc1c(C)c(C)c2c(c1C)CCC(C)(N(C=S)c1cc(C)cc(C)n1)O2. The summed E-state index contributed by atoms with van der Waals surface area (Å²) in [5.41, 5.74) is 7.61. The van der Waals surface area contributed by atoms with Gasteiger partial charge in [0.1, 0.15) is 17.3 Å². The van der Waals surface area contributed by atoms with E-state index in [4.69, 9.17) is 31.4 Å². The van der Waals surface area contributed by atoms with Gasteiger partial charge in [-0.2, -0.15) is 0 Å². The largest absolute Gasteiger partial charge is 0.467 e. The van der Waals surface area contributed by atoms with Crippen LogP contribution in [0, 0.1) is 34.6 Å². The molecule has 0 fully saturated rings. The van der Waals surface area contributed by atoms with Crippen molar-refractivity contribution >= 4 is 23.5 Å². The first-order valence-corrected chi connectivity index (χ1v) is 10.3. The van der Waals surface area contributed by atoms with E-state index in [9.17, 15) is 0 Å². The zero-order valence-electron chi connectivity index (χ0n) is 18.4. The minimum Gasteiger partial charge on any atom is -0.467 e. The van der Waals surface area contributed by atoms with Crippen LogP contribution in [0.5, 0.6) is 11.5 Å². The molecule has 0 saturated heterocycles. The Morgan fingerprint density at radius 2 is 1.90 bits per heavy atom. The molecule has 0 amide bonds. The third-order valence-corrected chi connectivity index (χ3v) is 5.95. The summed E-state index contributed by atoms with van der Waals surface area (Å²) in [6.45, 7) is 12.6. The van der Waals surface area contributed by atoms with E-state index in [-0.39, 0.29) is 6.79 Å². The van der Waals surface area contributed by atoms with Gasteiger partial charge in [0.25, 0.3) is 0 Å². The van der Waals surface area contributed by atoms with Gasteiger partial charge in [0.05, 0.1) is 5.49 Å². The fraction of sp³-hybridized carbons (Fsp3) is 0.478. The van der Waals surface area contributed by atoms with Gasteiger partial charge < -0.3 is 14.2 Å². The van der Waals surface area contributed by atoms with Crippen LogP contribution >= 0.6 is 12.2 Å². The van der Waals surface area contributed by atoms with Crippen LogP contribution in [0.15, 0.2) is 12.1 Å². The van der Waals surface area contributed by atoms with E-state index in [1.807, 2.05) is 17.9 Å². The lowest BCUT2D eigenvalue weighted by Gasteiger charge is -2.44. The molecule has 1 aromatic carbocycles. The van der Waals surface area contributed by atoms with Gasteiger partial charge in [-0.15, -0.1) is 0 Å². The van der Waals surface area contributed by atoms with E-state index < -0.39 is 5.72 Å². The maximum Gasteiger partial charge on any atom is 0.188 e. The lowest BCUT2D eigenvalue weighted by Crippen LogP contribution is -2.53. The first-order chi connectivity index (χ1) is 13.7. The standard InChI is InChI=1S/C23H30N2O3S/c1-14-10-15(2)24-20(11-14)25(12-29)23(6)9-8-19-18(5)21(27-13-26-7)16(3)17(4)22(19)28-23/h10-12H,8-9,13H2,1-7H3. The Kier molecular flexibility index (Phi) is 6.15. The molecular formula is C23H30N2O3S. The number of anilines is 1. The van der Waals surface area contributed by atoms with E-state index >= 15 is 0 Å². The summed E-state index contributed by atoms with van der Waals surface area (Å²) in [5.74, 6) is 2.62. The molecule has 156 valence electrons. The first-order valence-electron chi connectivity index (χ1n) is 9.85. The lowest BCUT2D eigenvalue weighted by molar-refractivity contribution is 0.0487. The molecule has 1 unspecified atom stereocenters. The summed E-state index contributed by atoms with van der Waals surface area (Å²) in [7, 11) is 1.63. The summed E-state index contributed by atoms with van der Waals surface area (Å²) < 4.78 is 17.6. The van der Waals surface area contributed by atoms with Gasteiger partial charge in [0.15, 0.2) is 12.5 Å². The van der Waals surface area contributed by atoms with Crippen LogP contribution in [0.25, 0.3) is 0 Å². The Morgan fingerprint density at radius 1 is 1.17 bits per heavy atom. The number of nitrogens with zero attached hydrogens (tertiary/aromatic N) is 2. The van der Waals surface area contributed by atoms with Crippen LogP contribution in [0.4, 0.5) is 5.82 Å². The Hall–Kier alpha value is -2.18. The summed E-state index contributed by atoms with van der Waals surface area (Å²) in [5, 5.41) is 0. The Morgan fingerprint density at radius 3 is 2.52 bits per heavy atom. The number of hydrogen-bond acceptors (Lipinski definition) is 5. The van der Waals surface area contributed by atoms with Gasteiger partial charge in [-0.1, -0.05) is 12.2 Å². The molecule has 0 spiro atoms. The van der Waals surface area contributed by atoms with Gasteiger partial charge in [0, 0.05) is 24.8 Å². The Bertz CT molecular complexity index is 924. The van der Waals surface area contributed by atoms with E-state index in [2.05, 4.69) is 40.7 Å². The number of pyridine rings is 1. The van der Waals surface area contributed by atoms with Crippen molar-refractivity contribution in [1.29, 1.82) is 0 Å². The van der Waals surface area contributed by atoms with Crippen LogP contribution in [0.2, 0.25) is 0 Å². The maximum atomic E-state index is 6.66. The molecule has 3 rings (SSSR count). The third-order valence-electron chi connectivity index (χ3n) is 5.74. The van der Waals surface area contributed by atoms with Crippen molar-refractivity contribution in [3.8, 4) is 11.5 Å². The second kappa shape index (κ2) is 8.28. The normalized spacial score (nSPS) is 18.0. The second-order valence-electron chi connectivity index (χ2n) is 7.96. The van der Waals surface area contributed by atoms with Crippen LogP contribution < -0.4 is 14.4 Å². The fourth-order valence-corrected chi connectivity index (χ4v) is 4.41. The van der Waals surface area contributed by atoms with E-state index in [1.165, 1.54) is 5.56 Å². The number of thiocarbonyl (C=S) groups is 1. The fourth-order valence-electron chi connectivity index (χ4n) is 4.08. The predicted molar refractivity (Wildman–Crippen MR) is 120 cm³/mol. The third kappa shape index (κ3) is 3.96. The number of methoxy groups -OCH3 is 1. The smallest absolute Gasteiger partial charge is 0.188 e. The zero-order valence-corrected chi connectivity index (χ0v) is 19.2. The van der Waals surface area contributed by atoms with Crippen molar-refractivity contribution in [2.75, 3.05) is 18.8 Å². The number of hydrogen-bond donors (Lipinski definition) is 0. The number of ether oxygens (including phenoxy) is 3. The van der Waals surface area contributed by atoms with Crippen molar-refractivity contribution in [3.63, 3.8) is 0 Å². The number of fused-ring (bicyclic) bond motifs is 1. The highest BCUT2D eigenvalue weighted by molar-refractivity contribution is 7.79. The summed E-state index contributed by atoms with van der Waals surface area (Å²) in [6.07, 6.45) is 1.65. The molecular weight excluding hydrogens is 384 g/mol. The van der Waals surface area contributed by atoms with Crippen molar-refractivity contribution < 1.29 is 14.2 Å². The lowest BCUT2D eigenvalue weighted by atomic mass is 9.89. The van der Waals surface area contributed by atoms with Gasteiger partial charge in [-0.3, -0.25) is 4.90 Å². The highest BCUT2D eigenvalue weighted by Crippen LogP contribution is 2.45. The van der Waals surface area contributed by atoms with Gasteiger partial charge >= 0.3 is 0 Å². The monoisotopic (exact) mass is 414 g/mol. The van der Waals surface area contributed by atoms with Crippen LogP contribution in [0.1, 0.15) is 46.9 Å². The molecule has 1 aliphatic rings. The predicted octanol–water partition coefficient (Wildman–Crippen LogP) is 5.11. The highest BCUT2D eigenvalue weighted by atomic mass is 32.1. The highest BCUT2D eigenvalue weighted by Gasteiger charge is 2.40. The first kappa shape index (κ1) is 21.5. The van der Waals surface area contributed by atoms with Gasteiger partial charge in [-0.05, 0) is 82.3 Å². The Balaban J connectivity index is 2.04. The quantitative estimate of drug-likeness (QED) is 0.483. The molecule has 0 radical (unpaired) electrons. The van der Waals surface area contributed by atoms with Crippen molar-refractivity contribution in [2.24, 2.45) is 0 Å². The molecule has 0 bridgehead atoms. The van der Waals surface area contributed by atoms with Crippen molar-refractivity contribution in [2.45, 2.75) is 60.1 Å². The molecule has 5 nitrogen and oxygen atoms in total. The average Bonchev–Trinajstić information content (AvgIpc) is 2.66. The Labute approximate surface area is 179 Å². The molecule has 0 saturated carbocycles. The van der Waals surface area contributed by atoms with E-state index in [1.54, 1.807) is 12.6 Å². The number of aryl methyl sites for hydroxylation is 2. The van der Waals surface area contributed by atoms with E-state index in [0.717, 1.165) is 58.1 Å². The van der Waals surface area contributed by atoms with Crippen molar-refractivity contribution in [3.05, 3.63) is 45.6 Å². The molecule has 0 aliphatic carbocycles. The van der Waals surface area contributed by atoms with E-state index in [0.29, 0.717) is 0 Å². The molecule has 29 heavy (non-hydrogen) atoms. The molecule has 1 atom stereocenters. The average molecular weight is 415 g/mol. The number of benzene rings is 1. The second-order valence-corrected chi connectivity index (χ2v) is 8.17. The number of aromatic nitrogens is 1. The molecule has 1 aliphatic heterocycles. The summed E-state index contributed by atoms with van der Waals surface area (Å²) in [6, 6.07) is 4.10. The van der Waals surface area contributed by atoms with Crippen LogP contribution in [-0.4, -0.2) is 30.1 Å². The zero-order chi connectivity index (χ0) is 21.3. The van der Waals surface area contributed by atoms with Gasteiger partial charge in [-0.25, -0.2) is 4.98 Å².